The number of hydrogen-bond acceptors (Lipinski definition) is 3. The van der Waals surface area contributed by atoms with Crippen molar-refractivity contribution in [1.82, 2.24) is 5.32 Å². The minimum atomic E-state index is -0.267. The molecule has 3 rings (SSSR count). The summed E-state index contributed by atoms with van der Waals surface area (Å²) in [5.74, 6) is -0.173. The van der Waals surface area contributed by atoms with Gasteiger partial charge in [-0.15, -0.1) is 0 Å². The maximum atomic E-state index is 12.6. The van der Waals surface area contributed by atoms with Crippen LogP contribution in [0.1, 0.15) is 51.1 Å². The minimum Gasteiger partial charge on any atom is -0.378 e. The summed E-state index contributed by atoms with van der Waals surface area (Å²) < 4.78 is 5.85. The molecule has 0 aromatic heterocycles. The van der Waals surface area contributed by atoms with Crippen LogP contribution in [0.4, 0.5) is 0 Å². The van der Waals surface area contributed by atoms with E-state index in [1.165, 1.54) is 19.3 Å². The number of hydrogen-bond donors (Lipinski definition) is 2. The topological polar surface area (TPSA) is 64.3 Å². The van der Waals surface area contributed by atoms with E-state index in [0.29, 0.717) is 6.10 Å². The molecule has 0 aliphatic heterocycles. The van der Waals surface area contributed by atoms with Crippen molar-refractivity contribution >= 4 is 5.91 Å². The van der Waals surface area contributed by atoms with Crippen molar-refractivity contribution in [1.29, 1.82) is 0 Å². The molecule has 2 fully saturated rings. The Balaban J connectivity index is 1.59. The second-order valence-corrected chi connectivity index (χ2v) is 7.05. The zero-order valence-corrected chi connectivity index (χ0v) is 14.1. The van der Waals surface area contributed by atoms with Gasteiger partial charge in [0, 0.05) is 24.1 Å². The normalized spacial score (nSPS) is 27.6. The van der Waals surface area contributed by atoms with Crippen LogP contribution >= 0.6 is 0 Å². The molecule has 2 saturated carbocycles. The standard InChI is InChI=1S/C19H28N2O2/c1-3-23-16-12-15(19(16)10-7-11-19)21-18(22)13(2)17(20)14-8-5-4-6-9-14/h4-6,8-9,13,15-17H,3,7,10-12,20H2,1-2H3,(H,21,22). The van der Waals surface area contributed by atoms with E-state index in [-0.39, 0.29) is 29.3 Å². The lowest BCUT2D eigenvalue weighted by atomic mass is 9.51. The van der Waals surface area contributed by atoms with Crippen molar-refractivity contribution in [3.63, 3.8) is 0 Å². The molecule has 0 heterocycles. The van der Waals surface area contributed by atoms with Gasteiger partial charge < -0.3 is 15.8 Å². The van der Waals surface area contributed by atoms with Crippen molar-refractivity contribution in [3.05, 3.63) is 35.9 Å². The summed E-state index contributed by atoms with van der Waals surface area (Å²) in [6, 6.07) is 9.84. The predicted molar refractivity (Wildman–Crippen MR) is 90.8 cm³/mol. The first-order valence-corrected chi connectivity index (χ1v) is 8.81. The third-order valence-corrected chi connectivity index (χ3v) is 5.89. The number of rotatable bonds is 6. The Morgan fingerprint density at radius 2 is 2.09 bits per heavy atom. The summed E-state index contributed by atoms with van der Waals surface area (Å²) in [6.45, 7) is 4.71. The monoisotopic (exact) mass is 316 g/mol. The Bertz CT molecular complexity index is 542. The van der Waals surface area contributed by atoms with E-state index in [9.17, 15) is 4.79 Å². The second kappa shape index (κ2) is 6.62. The van der Waals surface area contributed by atoms with E-state index < -0.39 is 0 Å². The van der Waals surface area contributed by atoms with Crippen LogP contribution in [0.2, 0.25) is 0 Å². The zero-order valence-electron chi connectivity index (χ0n) is 14.1. The number of nitrogens with one attached hydrogen (secondary N) is 1. The molecule has 4 unspecified atom stereocenters. The Hall–Kier alpha value is -1.39. The molecule has 4 atom stereocenters. The Labute approximate surface area is 138 Å². The minimum absolute atomic E-state index is 0.0626. The number of carbonyl (C=O) groups excluding carboxylic acids is 1. The van der Waals surface area contributed by atoms with Crippen molar-refractivity contribution in [3.8, 4) is 0 Å². The third-order valence-electron chi connectivity index (χ3n) is 5.89. The van der Waals surface area contributed by atoms with E-state index in [0.717, 1.165) is 18.6 Å². The third kappa shape index (κ3) is 2.90. The molecule has 1 aromatic rings. The van der Waals surface area contributed by atoms with Gasteiger partial charge in [0.25, 0.3) is 0 Å². The summed E-state index contributed by atoms with van der Waals surface area (Å²) in [7, 11) is 0. The molecule has 4 heteroatoms. The maximum Gasteiger partial charge on any atom is 0.224 e. The van der Waals surface area contributed by atoms with Crippen LogP contribution in [0.15, 0.2) is 30.3 Å². The van der Waals surface area contributed by atoms with Crippen LogP contribution < -0.4 is 11.1 Å². The summed E-state index contributed by atoms with van der Waals surface area (Å²) >= 11 is 0. The van der Waals surface area contributed by atoms with E-state index in [1.54, 1.807) is 0 Å². The van der Waals surface area contributed by atoms with E-state index in [1.807, 2.05) is 44.2 Å². The molecule has 126 valence electrons. The fourth-order valence-corrected chi connectivity index (χ4v) is 4.07. The van der Waals surface area contributed by atoms with Crippen LogP contribution in [-0.4, -0.2) is 24.7 Å². The summed E-state index contributed by atoms with van der Waals surface area (Å²) in [5, 5.41) is 3.25. The van der Waals surface area contributed by atoms with Gasteiger partial charge in [-0.2, -0.15) is 0 Å². The molecule has 0 radical (unpaired) electrons. The molecule has 1 spiro atoms. The van der Waals surface area contributed by atoms with Gasteiger partial charge in [-0.3, -0.25) is 4.79 Å². The van der Waals surface area contributed by atoms with Crippen LogP contribution in [0.25, 0.3) is 0 Å². The lowest BCUT2D eigenvalue weighted by Crippen LogP contribution is -2.68. The fourth-order valence-electron chi connectivity index (χ4n) is 4.07. The van der Waals surface area contributed by atoms with E-state index in [2.05, 4.69) is 5.32 Å². The molecule has 0 saturated heterocycles. The molecule has 3 N–H and O–H groups in total. The highest BCUT2D eigenvalue weighted by molar-refractivity contribution is 5.79. The Kier molecular flexibility index (Phi) is 4.74. The molecular formula is C19H28N2O2. The van der Waals surface area contributed by atoms with Gasteiger partial charge >= 0.3 is 0 Å². The predicted octanol–water partition coefficient (Wildman–Crippen LogP) is 2.79. The first kappa shape index (κ1) is 16.5. The maximum absolute atomic E-state index is 12.6. The van der Waals surface area contributed by atoms with Crippen molar-refractivity contribution in [2.75, 3.05) is 6.61 Å². The van der Waals surface area contributed by atoms with Crippen molar-refractivity contribution < 1.29 is 9.53 Å². The van der Waals surface area contributed by atoms with Gasteiger partial charge in [-0.05, 0) is 31.7 Å². The molecular weight excluding hydrogens is 288 g/mol. The number of amides is 1. The van der Waals surface area contributed by atoms with Crippen LogP contribution in [0.3, 0.4) is 0 Å². The zero-order chi connectivity index (χ0) is 16.4. The largest absolute Gasteiger partial charge is 0.378 e. The number of carbonyl (C=O) groups is 1. The highest BCUT2D eigenvalue weighted by atomic mass is 16.5. The second-order valence-electron chi connectivity index (χ2n) is 7.05. The van der Waals surface area contributed by atoms with Gasteiger partial charge in [0.2, 0.25) is 5.91 Å². The van der Waals surface area contributed by atoms with Crippen molar-refractivity contribution in [2.24, 2.45) is 17.1 Å². The molecule has 2 aliphatic rings. The first-order chi connectivity index (χ1) is 11.1. The lowest BCUT2D eigenvalue weighted by Gasteiger charge is -2.61. The average molecular weight is 316 g/mol. The number of benzene rings is 1. The molecule has 0 bridgehead atoms. The summed E-state index contributed by atoms with van der Waals surface area (Å²) in [4.78, 5) is 12.6. The highest BCUT2D eigenvalue weighted by Gasteiger charge is 2.59. The van der Waals surface area contributed by atoms with Gasteiger partial charge in [0.1, 0.15) is 0 Å². The van der Waals surface area contributed by atoms with E-state index in [4.69, 9.17) is 10.5 Å². The Morgan fingerprint density at radius 1 is 1.39 bits per heavy atom. The van der Waals surface area contributed by atoms with Gasteiger partial charge in [0.05, 0.1) is 12.0 Å². The molecule has 1 aromatic carbocycles. The first-order valence-electron chi connectivity index (χ1n) is 8.81. The highest BCUT2D eigenvalue weighted by Crippen LogP contribution is 2.57. The lowest BCUT2D eigenvalue weighted by molar-refractivity contribution is -0.176. The SMILES string of the molecule is CCOC1CC(NC(=O)C(C)C(N)c2ccccc2)C12CCC2. The van der Waals surface area contributed by atoms with Gasteiger partial charge in [-0.25, -0.2) is 0 Å². The van der Waals surface area contributed by atoms with Crippen LogP contribution in [0.5, 0.6) is 0 Å². The van der Waals surface area contributed by atoms with Crippen LogP contribution in [0, 0.1) is 11.3 Å². The summed E-state index contributed by atoms with van der Waals surface area (Å²) in [6.07, 6.45) is 4.84. The van der Waals surface area contributed by atoms with Crippen molar-refractivity contribution in [2.45, 2.75) is 57.7 Å². The van der Waals surface area contributed by atoms with Crippen LogP contribution in [-0.2, 0) is 9.53 Å². The summed E-state index contributed by atoms with van der Waals surface area (Å²) in [5.41, 5.74) is 7.48. The van der Waals surface area contributed by atoms with Gasteiger partial charge in [-0.1, -0.05) is 43.7 Å². The number of ether oxygens (including phenoxy) is 1. The van der Waals surface area contributed by atoms with E-state index >= 15 is 0 Å². The van der Waals surface area contributed by atoms with Gasteiger partial charge in [0.15, 0.2) is 0 Å². The quantitative estimate of drug-likeness (QED) is 0.848. The smallest absolute Gasteiger partial charge is 0.224 e. The Morgan fingerprint density at radius 3 is 2.65 bits per heavy atom. The molecule has 1 amide bonds. The fraction of sp³-hybridized carbons (Fsp3) is 0.632. The average Bonchev–Trinajstić information content (AvgIpc) is 2.51. The number of nitrogens with two attached hydrogens (primary N) is 1. The molecule has 4 nitrogen and oxygen atoms in total. The molecule has 2 aliphatic carbocycles. The molecule has 23 heavy (non-hydrogen) atoms.